The molecular weight excluding hydrogens is 451 g/mol. The molecule has 0 spiro atoms. The molecule has 3 aromatic carbocycles. The SMILES string of the molecule is O=C(Nc1ccc(Cl)cc1)C(=O)Nn1c(C(=O)Nc2ccccc2)cc2cc(Cl)ccc21. The summed E-state index contributed by atoms with van der Waals surface area (Å²) in [5.41, 5.74) is 4.10. The average Bonchev–Trinajstić information content (AvgIpc) is 3.13. The van der Waals surface area contributed by atoms with Crippen molar-refractivity contribution in [3.05, 3.63) is 94.6 Å². The van der Waals surface area contributed by atoms with Crippen LogP contribution in [-0.4, -0.2) is 22.4 Å². The number of aromatic nitrogens is 1. The first-order valence-electron chi connectivity index (χ1n) is 9.46. The Labute approximate surface area is 192 Å². The van der Waals surface area contributed by atoms with Gasteiger partial charge in [0.25, 0.3) is 5.91 Å². The lowest BCUT2D eigenvalue weighted by Crippen LogP contribution is -2.36. The Morgan fingerprint density at radius 3 is 2.06 bits per heavy atom. The van der Waals surface area contributed by atoms with Gasteiger partial charge in [-0.15, -0.1) is 0 Å². The van der Waals surface area contributed by atoms with E-state index in [0.717, 1.165) is 0 Å². The molecule has 0 saturated heterocycles. The Hall–Kier alpha value is -3.81. The normalized spacial score (nSPS) is 10.6. The molecule has 4 rings (SSSR count). The summed E-state index contributed by atoms with van der Waals surface area (Å²) in [7, 11) is 0. The minimum Gasteiger partial charge on any atom is -0.321 e. The van der Waals surface area contributed by atoms with Crippen LogP contribution in [0.25, 0.3) is 10.9 Å². The van der Waals surface area contributed by atoms with E-state index < -0.39 is 17.7 Å². The van der Waals surface area contributed by atoms with E-state index >= 15 is 0 Å². The highest BCUT2D eigenvalue weighted by molar-refractivity contribution is 6.42. The Morgan fingerprint density at radius 1 is 0.688 bits per heavy atom. The van der Waals surface area contributed by atoms with E-state index in [-0.39, 0.29) is 5.69 Å². The first kappa shape index (κ1) is 21.4. The summed E-state index contributed by atoms with van der Waals surface area (Å²) >= 11 is 11.9. The van der Waals surface area contributed by atoms with Crippen LogP contribution in [0.2, 0.25) is 10.0 Å². The number of benzene rings is 3. The number of amides is 3. The van der Waals surface area contributed by atoms with Gasteiger partial charge in [0, 0.05) is 26.8 Å². The molecule has 4 aromatic rings. The molecule has 32 heavy (non-hydrogen) atoms. The predicted octanol–water partition coefficient (Wildman–Crippen LogP) is 4.91. The molecule has 0 unspecified atom stereocenters. The third-order valence-electron chi connectivity index (χ3n) is 4.55. The van der Waals surface area contributed by atoms with E-state index in [1.165, 1.54) is 4.68 Å². The van der Waals surface area contributed by atoms with Crippen molar-refractivity contribution in [3.8, 4) is 0 Å². The van der Waals surface area contributed by atoms with Crippen molar-refractivity contribution < 1.29 is 14.4 Å². The van der Waals surface area contributed by atoms with E-state index in [1.807, 2.05) is 6.07 Å². The number of hydrogen-bond acceptors (Lipinski definition) is 3. The highest BCUT2D eigenvalue weighted by atomic mass is 35.5. The summed E-state index contributed by atoms with van der Waals surface area (Å²) in [5.74, 6) is -2.33. The van der Waals surface area contributed by atoms with Gasteiger partial charge in [0.2, 0.25) is 0 Å². The number of carbonyl (C=O) groups excluding carboxylic acids is 3. The molecule has 160 valence electrons. The van der Waals surface area contributed by atoms with E-state index in [4.69, 9.17) is 23.2 Å². The number of hydrogen-bond donors (Lipinski definition) is 3. The summed E-state index contributed by atoms with van der Waals surface area (Å²) in [6.45, 7) is 0. The Kier molecular flexibility index (Phi) is 6.11. The Balaban J connectivity index is 1.62. The molecule has 7 nitrogen and oxygen atoms in total. The maximum absolute atomic E-state index is 12.9. The first-order chi connectivity index (χ1) is 15.4. The smallest absolute Gasteiger partial charge is 0.321 e. The van der Waals surface area contributed by atoms with Gasteiger partial charge in [0.1, 0.15) is 5.69 Å². The number of carbonyl (C=O) groups is 3. The number of nitrogens with one attached hydrogen (secondary N) is 3. The van der Waals surface area contributed by atoms with Crippen LogP contribution in [0.15, 0.2) is 78.9 Å². The van der Waals surface area contributed by atoms with Gasteiger partial charge >= 0.3 is 11.8 Å². The number of para-hydroxylation sites is 1. The molecule has 0 aliphatic heterocycles. The maximum atomic E-state index is 12.9. The van der Waals surface area contributed by atoms with Gasteiger partial charge in [-0.05, 0) is 60.7 Å². The van der Waals surface area contributed by atoms with Gasteiger partial charge in [-0.1, -0.05) is 41.4 Å². The van der Waals surface area contributed by atoms with Crippen LogP contribution in [-0.2, 0) is 9.59 Å². The Morgan fingerprint density at radius 2 is 1.34 bits per heavy atom. The minimum absolute atomic E-state index is 0.124. The van der Waals surface area contributed by atoms with Crippen LogP contribution >= 0.6 is 23.2 Å². The quantitative estimate of drug-likeness (QED) is 0.373. The molecule has 0 bridgehead atoms. The van der Waals surface area contributed by atoms with E-state index in [9.17, 15) is 14.4 Å². The van der Waals surface area contributed by atoms with Crippen LogP contribution in [0, 0.1) is 0 Å². The largest absolute Gasteiger partial charge is 0.328 e. The molecule has 3 N–H and O–H groups in total. The predicted molar refractivity (Wildman–Crippen MR) is 126 cm³/mol. The number of nitrogens with zero attached hydrogens (tertiary/aromatic N) is 1. The third-order valence-corrected chi connectivity index (χ3v) is 5.04. The highest BCUT2D eigenvalue weighted by Crippen LogP contribution is 2.23. The molecular formula is C23H16Cl2N4O3. The fraction of sp³-hybridized carbons (Fsp3) is 0. The zero-order valence-corrected chi connectivity index (χ0v) is 17.9. The van der Waals surface area contributed by atoms with E-state index in [1.54, 1.807) is 72.8 Å². The lowest BCUT2D eigenvalue weighted by Gasteiger charge is -2.13. The summed E-state index contributed by atoms with van der Waals surface area (Å²) in [4.78, 5) is 37.9. The number of rotatable bonds is 4. The second kappa shape index (κ2) is 9.13. The van der Waals surface area contributed by atoms with Gasteiger partial charge in [-0.2, -0.15) is 0 Å². The molecule has 9 heteroatoms. The number of fused-ring (bicyclic) bond motifs is 1. The highest BCUT2D eigenvalue weighted by Gasteiger charge is 2.21. The van der Waals surface area contributed by atoms with Crippen molar-refractivity contribution in [2.45, 2.75) is 0 Å². The molecule has 0 atom stereocenters. The van der Waals surface area contributed by atoms with Crippen molar-refractivity contribution in [2.24, 2.45) is 0 Å². The summed E-state index contributed by atoms with van der Waals surface area (Å²) in [5, 5.41) is 6.83. The zero-order chi connectivity index (χ0) is 22.7. The second-order valence-electron chi connectivity index (χ2n) is 6.79. The monoisotopic (exact) mass is 466 g/mol. The lowest BCUT2D eigenvalue weighted by atomic mass is 10.2. The van der Waals surface area contributed by atoms with Crippen molar-refractivity contribution in [1.29, 1.82) is 0 Å². The first-order valence-corrected chi connectivity index (χ1v) is 10.2. The third kappa shape index (κ3) is 4.74. The molecule has 0 saturated carbocycles. The lowest BCUT2D eigenvalue weighted by molar-refractivity contribution is -0.133. The van der Waals surface area contributed by atoms with Crippen LogP contribution in [0.5, 0.6) is 0 Å². The fourth-order valence-corrected chi connectivity index (χ4v) is 3.37. The molecule has 0 fully saturated rings. The van der Waals surface area contributed by atoms with Crippen molar-refractivity contribution in [2.75, 3.05) is 16.1 Å². The van der Waals surface area contributed by atoms with Gasteiger partial charge in [0.15, 0.2) is 0 Å². The van der Waals surface area contributed by atoms with Gasteiger partial charge in [0.05, 0.1) is 5.52 Å². The molecule has 0 radical (unpaired) electrons. The van der Waals surface area contributed by atoms with Crippen LogP contribution in [0.4, 0.5) is 11.4 Å². The molecule has 0 aliphatic rings. The minimum atomic E-state index is -0.957. The zero-order valence-electron chi connectivity index (χ0n) is 16.4. The van der Waals surface area contributed by atoms with Gasteiger partial charge in [-0.25, -0.2) is 4.68 Å². The number of halogens is 2. The van der Waals surface area contributed by atoms with Crippen molar-refractivity contribution >= 4 is 63.2 Å². The van der Waals surface area contributed by atoms with Crippen LogP contribution < -0.4 is 16.1 Å². The van der Waals surface area contributed by atoms with Crippen molar-refractivity contribution in [1.82, 2.24) is 4.68 Å². The molecule has 1 aromatic heterocycles. The summed E-state index contributed by atoms with van der Waals surface area (Å²) in [6.07, 6.45) is 0. The maximum Gasteiger partial charge on any atom is 0.328 e. The van der Waals surface area contributed by atoms with Crippen LogP contribution in [0.3, 0.4) is 0 Å². The number of anilines is 2. The fourth-order valence-electron chi connectivity index (χ4n) is 3.06. The standard InChI is InChI=1S/C23H16Cl2N4O3/c24-15-6-9-18(10-7-15)27-22(31)23(32)28-29-19-11-8-16(25)12-14(19)13-20(29)21(30)26-17-4-2-1-3-5-17/h1-13H,(H,26,30)(H,27,31)(H,28,32). The molecule has 0 aliphatic carbocycles. The second-order valence-corrected chi connectivity index (χ2v) is 7.66. The van der Waals surface area contributed by atoms with E-state index in [0.29, 0.717) is 32.3 Å². The van der Waals surface area contributed by atoms with Gasteiger partial charge in [-0.3, -0.25) is 19.8 Å². The topological polar surface area (TPSA) is 92.2 Å². The summed E-state index contributed by atoms with van der Waals surface area (Å²) in [6, 6.07) is 21.7. The van der Waals surface area contributed by atoms with Gasteiger partial charge < -0.3 is 10.6 Å². The summed E-state index contributed by atoms with van der Waals surface area (Å²) < 4.78 is 1.26. The molecule has 3 amide bonds. The molecule has 1 heterocycles. The van der Waals surface area contributed by atoms with E-state index in [2.05, 4.69) is 16.1 Å². The average molecular weight is 467 g/mol. The van der Waals surface area contributed by atoms with Crippen molar-refractivity contribution in [3.63, 3.8) is 0 Å². The Bertz CT molecular complexity index is 1320. The van der Waals surface area contributed by atoms with Crippen LogP contribution in [0.1, 0.15) is 10.5 Å².